The highest BCUT2D eigenvalue weighted by Crippen LogP contribution is 2.30. The molecule has 1 aliphatic rings. The molecule has 5 nitrogen and oxygen atoms in total. The van der Waals surface area contributed by atoms with Gasteiger partial charge >= 0.3 is 5.97 Å². The molecule has 2 unspecified atom stereocenters. The van der Waals surface area contributed by atoms with E-state index in [0.29, 0.717) is 5.92 Å². The number of rotatable bonds is 3. The Hall–Kier alpha value is -1.62. The Morgan fingerprint density at radius 2 is 2.20 bits per heavy atom. The minimum Gasteiger partial charge on any atom is -0.459 e. The Balaban J connectivity index is 2.13. The smallest absolute Gasteiger partial charge is 0.340 e. The summed E-state index contributed by atoms with van der Waals surface area (Å²) in [6.45, 7) is 2.13. The van der Waals surface area contributed by atoms with Gasteiger partial charge in [0.2, 0.25) is 0 Å². The number of ether oxygens (including phenoxy) is 1. The molecular formula is C14H16ClNO4. The van der Waals surface area contributed by atoms with Gasteiger partial charge in [0.25, 0.3) is 5.69 Å². The van der Waals surface area contributed by atoms with Crippen molar-refractivity contribution in [3.8, 4) is 0 Å². The molecule has 1 aromatic carbocycles. The maximum atomic E-state index is 12.1. The van der Waals surface area contributed by atoms with E-state index < -0.39 is 10.9 Å². The molecule has 0 saturated heterocycles. The SMILES string of the molecule is CC1CCCC(OC(=O)c2cccc([N+](=O)[O-])c2Cl)C1. The molecule has 1 aliphatic carbocycles. The van der Waals surface area contributed by atoms with Crippen molar-refractivity contribution in [2.45, 2.75) is 38.7 Å². The van der Waals surface area contributed by atoms with Crippen molar-refractivity contribution in [1.82, 2.24) is 0 Å². The first-order chi connectivity index (χ1) is 9.49. The van der Waals surface area contributed by atoms with Crippen LogP contribution < -0.4 is 0 Å². The number of hydrogen-bond donors (Lipinski definition) is 0. The number of esters is 1. The summed E-state index contributed by atoms with van der Waals surface area (Å²) in [6.07, 6.45) is 3.72. The number of nitro groups is 1. The summed E-state index contributed by atoms with van der Waals surface area (Å²) in [5.41, 5.74) is -0.225. The molecule has 2 rings (SSSR count). The Morgan fingerprint density at radius 1 is 1.45 bits per heavy atom. The molecule has 1 saturated carbocycles. The minimum atomic E-state index is -0.609. The molecular weight excluding hydrogens is 282 g/mol. The van der Waals surface area contributed by atoms with E-state index in [1.54, 1.807) is 0 Å². The van der Waals surface area contributed by atoms with Crippen molar-refractivity contribution in [2.75, 3.05) is 0 Å². The molecule has 0 N–H and O–H groups in total. The van der Waals surface area contributed by atoms with Gasteiger partial charge in [-0.25, -0.2) is 4.79 Å². The maximum Gasteiger partial charge on any atom is 0.340 e. The second kappa shape index (κ2) is 6.22. The molecule has 6 heteroatoms. The molecule has 0 aromatic heterocycles. The summed E-state index contributed by atoms with van der Waals surface area (Å²) < 4.78 is 5.42. The predicted octanol–water partition coefficient (Wildman–Crippen LogP) is 3.98. The van der Waals surface area contributed by atoms with E-state index in [0.717, 1.165) is 25.7 Å². The van der Waals surface area contributed by atoms with E-state index in [2.05, 4.69) is 6.92 Å². The molecule has 1 aromatic rings. The summed E-state index contributed by atoms with van der Waals surface area (Å²) in [5, 5.41) is 10.6. The van der Waals surface area contributed by atoms with E-state index in [4.69, 9.17) is 16.3 Å². The minimum absolute atomic E-state index is 0.0547. The Bertz CT molecular complexity index is 532. The van der Waals surface area contributed by atoms with Gasteiger partial charge in [0.05, 0.1) is 10.5 Å². The summed E-state index contributed by atoms with van der Waals surface area (Å²) in [6, 6.07) is 4.15. The Labute approximate surface area is 122 Å². The molecule has 1 fully saturated rings. The van der Waals surface area contributed by atoms with Gasteiger partial charge in [0.15, 0.2) is 0 Å². The van der Waals surface area contributed by atoms with Crippen LogP contribution in [-0.4, -0.2) is 17.0 Å². The predicted molar refractivity (Wildman–Crippen MR) is 74.9 cm³/mol. The van der Waals surface area contributed by atoms with Crippen LogP contribution in [0.4, 0.5) is 5.69 Å². The van der Waals surface area contributed by atoms with Gasteiger partial charge in [0.1, 0.15) is 11.1 Å². The normalized spacial score (nSPS) is 22.3. The standard InChI is InChI=1S/C14H16ClNO4/c1-9-4-2-5-10(8-9)20-14(17)11-6-3-7-12(13(11)15)16(18)19/h3,6-7,9-10H,2,4-5,8H2,1H3. The van der Waals surface area contributed by atoms with Crippen LogP contribution in [0.25, 0.3) is 0 Å². The molecule has 0 amide bonds. The first-order valence-corrected chi connectivity index (χ1v) is 7.00. The lowest BCUT2D eigenvalue weighted by Crippen LogP contribution is -2.24. The molecule has 108 valence electrons. The second-order valence-electron chi connectivity index (χ2n) is 5.19. The number of benzene rings is 1. The third-order valence-electron chi connectivity index (χ3n) is 3.56. The fourth-order valence-corrected chi connectivity index (χ4v) is 2.79. The van der Waals surface area contributed by atoms with Crippen molar-refractivity contribution in [2.24, 2.45) is 5.92 Å². The van der Waals surface area contributed by atoms with E-state index in [9.17, 15) is 14.9 Å². The van der Waals surface area contributed by atoms with E-state index in [-0.39, 0.29) is 22.4 Å². The Morgan fingerprint density at radius 3 is 2.85 bits per heavy atom. The number of halogens is 1. The summed E-state index contributed by atoms with van der Waals surface area (Å²) in [7, 11) is 0. The van der Waals surface area contributed by atoms with E-state index in [1.165, 1.54) is 18.2 Å². The first-order valence-electron chi connectivity index (χ1n) is 6.63. The van der Waals surface area contributed by atoms with E-state index >= 15 is 0 Å². The van der Waals surface area contributed by atoms with Gasteiger partial charge in [-0.15, -0.1) is 0 Å². The fourth-order valence-electron chi connectivity index (χ4n) is 2.52. The largest absolute Gasteiger partial charge is 0.459 e. The maximum absolute atomic E-state index is 12.1. The summed E-state index contributed by atoms with van der Waals surface area (Å²) >= 11 is 5.90. The number of carbonyl (C=O) groups is 1. The van der Waals surface area contributed by atoms with Gasteiger partial charge in [-0.1, -0.05) is 31.0 Å². The van der Waals surface area contributed by atoms with E-state index in [1.807, 2.05) is 0 Å². The third-order valence-corrected chi connectivity index (χ3v) is 3.95. The lowest BCUT2D eigenvalue weighted by atomic mass is 9.89. The molecule has 20 heavy (non-hydrogen) atoms. The van der Waals surface area contributed by atoms with Gasteiger partial charge in [-0.05, 0) is 31.2 Å². The van der Waals surface area contributed by atoms with Gasteiger partial charge < -0.3 is 4.74 Å². The van der Waals surface area contributed by atoms with Gasteiger partial charge in [0, 0.05) is 6.07 Å². The fraction of sp³-hybridized carbons (Fsp3) is 0.500. The van der Waals surface area contributed by atoms with Crippen molar-refractivity contribution in [1.29, 1.82) is 0 Å². The van der Waals surface area contributed by atoms with Crippen LogP contribution in [-0.2, 0) is 4.74 Å². The molecule has 0 spiro atoms. The van der Waals surface area contributed by atoms with Crippen LogP contribution in [0.1, 0.15) is 43.0 Å². The monoisotopic (exact) mass is 297 g/mol. The quantitative estimate of drug-likeness (QED) is 0.480. The average molecular weight is 298 g/mol. The summed E-state index contributed by atoms with van der Waals surface area (Å²) in [4.78, 5) is 22.3. The topological polar surface area (TPSA) is 69.4 Å². The molecule has 2 atom stereocenters. The highest BCUT2D eigenvalue weighted by molar-refractivity contribution is 6.35. The second-order valence-corrected chi connectivity index (χ2v) is 5.57. The molecule has 0 aliphatic heterocycles. The van der Waals surface area contributed by atoms with Crippen LogP contribution in [0.2, 0.25) is 5.02 Å². The Kier molecular flexibility index (Phi) is 4.60. The zero-order valence-corrected chi connectivity index (χ0v) is 11.9. The summed E-state index contributed by atoms with van der Waals surface area (Å²) in [5.74, 6) is -0.0556. The highest BCUT2D eigenvalue weighted by atomic mass is 35.5. The van der Waals surface area contributed by atoms with Crippen molar-refractivity contribution < 1.29 is 14.5 Å². The first kappa shape index (κ1) is 14.8. The van der Waals surface area contributed by atoms with Crippen molar-refractivity contribution in [3.05, 3.63) is 38.9 Å². The van der Waals surface area contributed by atoms with Gasteiger partial charge in [-0.3, -0.25) is 10.1 Å². The molecule has 0 heterocycles. The van der Waals surface area contributed by atoms with Crippen molar-refractivity contribution >= 4 is 23.3 Å². The number of nitrogens with zero attached hydrogens (tertiary/aromatic N) is 1. The average Bonchev–Trinajstić information content (AvgIpc) is 2.38. The number of hydrogen-bond acceptors (Lipinski definition) is 4. The van der Waals surface area contributed by atoms with Crippen LogP contribution in [0.15, 0.2) is 18.2 Å². The molecule has 0 radical (unpaired) electrons. The number of nitro benzene ring substituents is 1. The van der Waals surface area contributed by atoms with Gasteiger partial charge in [-0.2, -0.15) is 0 Å². The van der Waals surface area contributed by atoms with Crippen LogP contribution in [0, 0.1) is 16.0 Å². The highest BCUT2D eigenvalue weighted by Gasteiger charge is 2.26. The zero-order valence-electron chi connectivity index (χ0n) is 11.2. The zero-order chi connectivity index (χ0) is 14.7. The molecule has 0 bridgehead atoms. The number of carbonyl (C=O) groups excluding carboxylic acids is 1. The lowest BCUT2D eigenvalue weighted by Gasteiger charge is -2.26. The van der Waals surface area contributed by atoms with Crippen LogP contribution in [0.3, 0.4) is 0 Å². The lowest BCUT2D eigenvalue weighted by molar-refractivity contribution is -0.384. The van der Waals surface area contributed by atoms with Crippen LogP contribution >= 0.6 is 11.6 Å². The third kappa shape index (κ3) is 3.28. The van der Waals surface area contributed by atoms with Crippen molar-refractivity contribution in [3.63, 3.8) is 0 Å². The van der Waals surface area contributed by atoms with Crippen LogP contribution in [0.5, 0.6) is 0 Å².